The molecular weight excluding hydrogens is 386 g/mol. The number of benzene rings is 1. The summed E-state index contributed by atoms with van der Waals surface area (Å²) < 4.78 is 7.47. The summed E-state index contributed by atoms with van der Waals surface area (Å²) >= 11 is 0. The number of aromatic nitrogens is 1. The number of nitrogens with zero attached hydrogens (tertiary/aromatic N) is 3. The summed E-state index contributed by atoms with van der Waals surface area (Å²) in [7, 11) is 0. The van der Waals surface area contributed by atoms with Gasteiger partial charge in [0.05, 0.1) is 11.6 Å². The fourth-order valence-electron chi connectivity index (χ4n) is 5.75. The largest absolute Gasteiger partial charge is 0.459 e. The molecule has 3 aliphatic heterocycles. The highest BCUT2D eigenvalue weighted by atomic mass is 17.0. The summed E-state index contributed by atoms with van der Waals surface area (Å²) in [5.41, 5.74) is 3.99. The van der Waals surface area contributed by atoms with Crippen LogP contribution in [0, 0.1) is 15.5 Å². The molecule has 0 saturated carbocycles. The van der Waals surface area contributed by atoms with Crippen LogP contribution in [0.5, 0.6) is 0 Å². The van der Waals surface area contributed by atoms with Gasteiger partial charge in [0.15, 0.2) is 0 Å². The minimum Gasteiger partial charge on any atom is -0.459 e. The molecule has 0 N–H and O–H groups in total. The molecule has 8 nitrogen and oxygen atoms in total. The van der Waals surface area contributed by atoms with E-state index in [1.165, 1.54) is 16.6 Å². The summed E-state index contributed by atoms with van der Waals surface area (Å²) in [5.74, 6) is -0.459. The van der Waals surface area contributed by atoms with Crippen LogP contribution in [0.15, 0.2) is 30.3 Å². The van der Waals surface area contributed by atoms with E-state index in [4.69, 9.17) is 4.74 Å². The predicted octanol–water partition coefficient (Wildman–Crippen LogP) is 3.34. The molecule has 5 rings (SSSR count). The van der Waals surface area contributed by atoms with E-state index in [9.17, 15) is 14.9 Å². The third kappa shape index (κ3) is 2.74. The normalized spacial score (nSPS) is 24.8. The first-order valence-electron chi connectivity index (χ1n) is 10.6. The van der Waals surface area contributed by atoms with Gasteiger partial charge >= 0.3 is 5.97 Å². The Morgan fingerprint density at radius 3 is 2.93 bits per heavy atom. The van der Waals surface area contributed by atoms with Crippen molar-refractivity contribution in [1.29, 1.82) is 0 Å². The SMILES string of the molecule is CC[C@@]12C=C(C(=O)OCCO[N+](=O)[O-])n3c4c(c5ccccc53)CCN(CCC1)[C@H]42. The first-order valence-corrected chi connectivity index (χ1v) is 10.6. The van der Waals surface area contributed by atoms with Crippen LogP contribution in [0.1, 0.15) is 43.5 Å². The fourth-order valence-corrected chi connectivity index (χ4v) is 5.75. The molecule has 0 radical (unpaired) electrons. The second-order valence-electron chi connectivity index (χ2n) is 8.32. The van der Waals surface area contributed by atoms with E-state index in [0.29, 0.717) is 5.70 Å². The Kier molecular flexibility index (Phi) is 4.54. The van der Waals surface area contributed by atoms with Gasteiger partial charge in [-0.1, -0.05) is 25.1 Å². The Balaban J connectivity index is 1.62. The van der Waals surface area contributed by atoms with Gasteiger partial charge in [0.25, 0.3) is 5.09 Å². The first kappa shape index (κ1) is 19.1. The van der Waals surface area contributed by atoms with Gasteiger partial charge in [-0.2, -0.15) is 0 Å². The third-order valence-corrected chi connectivity index (χ3v) is 6.97. The molecule has 30 heavy (non-hydrogen) atoms. The molecule has 0 spiro atoms. The van der Waals surface area contributed by atoms with Crippen LogP contribution in [-0.2, 0) is 20.8 Å². The van der Waals surface area contributed by atoms with E-state index in [-0.39, 0.29) is 24.7 Å². The number of fused-ring (bicyclic) bond motifs is 3. The molecule has 0 amide bonds. The number of ether oxygens (including phenoxy) is 1. The van der Waals surface area contributed by atoms with Crippen LogP contribution in [0.2, 0.25) is 0 Å². The molecule has 4 heterocycles. The molecule has 1 saturated heterocycles. The summed E-state index contributed by atoms with van der Waals surface area (Å²) in [6.45, 7) is 3.89. The van der Waals surface area contributed by atoms with Crippen LogP contribution in [0.4, 0.5) is 0 Å². The number of carbonyl (C=O) groups excluding carboxylic acids is 1. The molecule has 1 aromatic heterocycles. The highest BCUT2D eigenvalue weighted by Crippen LogP contribution is 2.57. The minimum atomic E-state index is -0.878. The Morgan fingerprint density at radius 1 is 1.30 bits per heavy atom. The zero-order chi connectivity index (χ0) is 20.9. The fraction of sp³-hybridized carbons (Fsp3) is 0.500. The van der Waals surface area contributed by atoms with Crippen molar-refractivity contribution >= 4 is 22.6 Å². The average Bonchev–Trinajstić information content (AvgIpc) is 3.10. The van der Waals surface area contributed by atoms with Crippen molar-refractivity contribution in [2.24, 2.45) is 5.41 Å². The Labute approximate surface area is 174 Å². The van der Waals surface area contributed by atoms with Crippen molar-refractivity contribution in [3.05, 3.63) is 51.7 Å². The van der Waals surface area contributed by atoms with Gasteiger partial charge in [-0.25, -0.2) is 4.79 Å². The van der Waals surface area contributed by atoms with Gasteiger partial charge in [0.2, 0.25) is 0 Å². The van der Waals surface area contributed by atoms with Gasteiger partial charge in [-0.05, 0) is 49.9 Å². The lowest BCUT2D eigenvalue weighted by Gasteiger charge is -2.53. The smallest absolute Gasteiger partial charge is 0.355 e. The molecule has 0 unspecified atom stereocenters. The van der Waals surface area contributed by atoms with Crippen molar-refractivity contribution in [2.45, 2.75) is 38.6 Å². The molecule has 158 valence electrons. The Bertz CT molecular complexity index is 1060. The van der Waals surface area contributed by atoms with Crippen molar-refractivity contribution < 1.29 is 19.5 Å². The topological polar surface area (TPSA) is 86.8 Å². The standard InChI is InChI=1S/C22H25N3O5/c1-2-22-9-5-10-23-11-8-16-15-6-3-4-7-17(15)24(19(16)20(22)23)18(14-22)21(26)29-12-13-30-25(27)28/h3-4,6-7,14,20H,2,5,8-13H2,1H3/t20-,22+/m1/s1. The maximum absolute atomic E-state index is 13.1. The van der Waals surface area contributed by atoms with Crippen molar-refractivity contribution in [1.82, 2.24) is 9.47 Å². The third-order valence-electron chi connectivity index (χ3n) is 6.97. The second-order valence-corrected chi connectivity index (χ2v) is 8.32. The van der Waals surface area contributed by atoms with Crippen LogP contribution in [-0.4, -0.2) is 46.8 Å². The number of piperidine rings is 1. The maximum Gasteiger partial charge on any atom is 0.355 e. The quantitative estimate of drug-likeness (QED) is 0.314. The van der Waals surface area contributed by atoms with Crippen molar-refractivity contribution in [3.8, 4) is 0 Å². The number of rotatable bonds is 6. The summed E-state index contributed by atoms with van der Waals surface area (Å²) in [5, 5.41) is 10.7. The van der Waals surface area contributed by atoms with E-state index in [2.05, 4.69) is 39.4 Å². The molecular formula is C22H25N3O5. The maximum atomic E-state index is 13.1. The van der Waals surface area contributed by atoms with E-state index < -0.39 is 11.1 Å². The zero-order valence-corrected chi connectivity index (χ0v) is 17.0. The van der Waals surface area contributed by atoms with Gasteiger partial charge in [0.1, 0.15) is 18.9 Å². The minimum absolute atomic E-state index is 0.108. The average molecular weight is 411 g/mol. The molecule has 0 bridgehead atoms. The molecule has 8 heteroatoms. The lowest BCUT2D eigenvalue weighted by Crippen LogP contribution is -2.51. The zero-order valence-electron chi connectivity index (χ0n) is 17.0. The number of hydrogen-bond donors (Lipinski definition) is 0. The van der Waals surface area contributed by atoms with E-state index in [1.807, 2.05) is 12.1 Å². The van der Waals surface area contributed by atoms with Gasteiger partial charge in [-0.3, -0.25) is 4.90 Å². The molecule has 0 aliphatic carbocycles. The van der Waals surface area contributed by atoms with Crippen molar-refractivity contribution in [2.75, 3.05) is 26.3 Å². The lowest BCUT2D eigenvalue weighted by atomic mass is 9.66. The van der Waals surface area contributed by atoms with Gasteiger partial charge in [0, 0.05) is 23.0 Å². The van der Waals surface area contributed by atoms with Crippen LogP contribution < -0.4 is 0 Å². The monoisotopic (exact) mass is 411 g/mol. The van der Waals surface area contributed by atoms with Gasteiger partial charge < -0.3 is 14.1 Å². The molecule has 2 atom stereocenters. The van der Waals surface area contributed by atoms with Crippen LogP contribution in [0.25, 0.3) is 16.6 Å². The highest BCUT2D eigenvalue weighted by molar-refractivity contribution is 6.13. The van der Waals surface area contributed by atoms with Crippen LogP contribution in [0.3, 0.4) is 0 Å². The molecule has 2 aromatic rings. The van der Waals surface area contributed by atoms with E-state index >= 15 is 0 Å². The van der Waals surface area contributed by atoms with E-state index in [0.717, 1.165) is 44.3 Å². The summed E-state index contributed by atoms with van der Waals surface area (Å²) in [6, 6.07) is 8.49. The Hall–Kier alpha value is -2.87. The molecule has 3 aliphatic rings. The molecule has 1 fully saturated rings. The van der Waals surface area contributed by atoms with Gasteiger partial charge in [-0.15, -0.1) is 10.1 Å². The Morgan fingerprint density at radius 2 is 2.13 bits per heavy atom. The second kappa shape index (κ2) is 7.12. The summed E-state index contributed by atoms with van der Waals surface area (Å²) in [4.78, 5) is 30.4. The lowest BCUT2D eigenvalue weighted by molar-refractivity contribution is -0.757. The molecule has 1 aromatic carbocycles. The number of hydrogen-bond acceptors (Lipinski definition) is 6. The number of esters is 1. The van der Waals surface area contributed by atoms with Crippen LogP contribution >= 0.6 is 0 Å². The van der Waals surface area contributed by atoms with Crippen molar-refractivity contribution in [3.63, 3.8) is 0 Å². The number of para-hydroxylation sites is 1. The predicted molar refractivity (Wildman–Crippen MR) is 110 cm³/mol. The summed E-state index contributed by atoms with van der Waals surface area (Å²) in [6.07, 6.45) is 6.17. The highest BCUT2D eigenvalue weighted by Gasteiger charge is 2.51. The number of carbonyl (C=O) groups is 1. The van der Waals surface area contributed by atoms with E-state index in [1.54, 1.807) is 0 Å². The first-order chi connectivity index (χ1) is 14.6.